The lowest BCUT2D eigenvalue weighted by molar-refractivity contribution is -0.160. The molecule has 4 atom stereocenters. The van der Waals surface area contributed by atoms with Gasteiger partial charge in [-0.25, -0.2) is 0 Å². The highest BCUT2D eigenvalue weighted by atomic mass is 79.9. The summed E-state index contributed by atoms with van der Waals surface area (Å²) in [4.78, 5) is 24.7. The maximum Gasteiger partial charge on any atom is 0.234 e. The minimum atomic E-state index is -0.618. The van der Waals surface area contributed by atoms with Crippen molar-refractivity contribution in [1.82, 2.24) is 5.32 Å². The maximum atomic E-state index is 12.6. The summed E-state index contributed by atoms with van der Waals surface area (Å²) in [5.74, 6) is 0.0593. The second-order valence-electron chi connectivity index (χ2n) is 6.63. The second kappa shape index (κ2) is 4.82. The number of rotatable bonds is 1. The standard InChI is InChI=1S/C17H18BrNO3/c1-9(20)14-15-11-8-10(18)5-6-13(11)22-17(19-16(14)21)7-3-2-4-12(15)17/h5-6,8,12,14-15H,2-4,7H2,1H3,(H,19,21)/t12-,14?,15-,17+/m1/s1. The first-order valence-corrected chi connectivity index (χ1v) is 8.62. The number of nitrogens with one attached hydrogen (secondary N) is 1. The Morgan fingerprint density at radius 1 is 1.41 bits per heavy atom. The molecular weight excluding hydrogens is 346 g/mol. The van der Waals surface area contributed by atoms with Gasteiger partial charge in [-0.2, -0.15) is 0 Å². The highest BCUT2D eigenvalue weighted by molar-refractivity contribution is 9.10. The van der Waals surface area contributed by atoms with E-state index in [1.165, 1.54) is 6.92 Å². The van der Waals surface area contributed by atoms with Gasteiger partial charge in [-0.05, 0) is 38.0 Å². The molecule has 22 heavy (non-hydrogen) atoms. The molecule has 1 saturated carbocycles. The monoisotopic (exact) mass is 363 g/mol. The number of hydrogen-bond donors (Lipinski definition) is 1. The van der Waals surface area contributed by atoms with Crippen LogP contribution < -0.4 is 10.1 Å². The van der Waals surface area contributed by atoms with Gasteiger partial charge >= 0.3 is 0 Å². The van der Waals surface area contributed by atoms with E-state index in [4.69, 9.17) is 4.74 Å². The molecule has 0 spiro atoms. The highest BCUT2D eigenvalue weighted by Crippen LogP contribution is 2.55. The molecule has 4 nitrogen and oxygen atoms in total. The molecule has 2 fully saturated rings. The fourth-order valence-electron chi connectivity index (χ4n) is 4.53. The molecule has 0 aromatic heterocycles. The van der Waals surface area contributed by atoms with Crippen LogP contribution in [0.25, 0.3) is 0 Å². The van der Waals surface area contributed by atoms with Gasteiger partial charge in [0.25, 0.3) is 0 Å². The zero-order chi connectivity index (χ0) is 15.5. The first-order chi connectivity index (χ1) is 10.5. The van der Waals surface area contributed by atoms with Gasteiger partial charge in [-0.1, -0.05) is 22.4 Å². The Hall–Kier alpha value is -1.36. The molecule has 2 heterocycles. The van der Waals surface area contributed by atoms with Crippen LogP contribution in [0.4, 0.5) is 0 Å². The maximum absolute atomic E-state index is 12.6. The molecule has 116 valence electrons. The third-order valence-corrected chi connectivity index (χ3v) is 5.88. The predicted octanol–water partition coefficient (Wildman–Crippen LogP) is 3.15. The summed E-state index contributed by atoms with van der Waals surface area (Å²) in [5.41, 5.74) is 0.374. The van der Waals surface area contributed by atoms with Crippen LogP contribution in [0.15, 0.2) is 22.7 Å². The van der Waals surface area contributed by atoms with E-state index in [9.17, 15) is 9.59 Å². The number of ketones is 1. The van der Waals surface area contributed by atoms with Crippen LogP contribution in [0, 0.1) is 11.8 Å². The van der Waals surface area contributed by atoms with E-state index >= 15 is 0 Å². The van der Waals surface area contributed by atoms with Crippen molar-refractivity contribution in [3.8, 4) is 5.75 Å². The summed E-state index contributed by atoms with van der Waals surface area (Å²) in [6.07, 6.45) is 3.97. The molecule has 2 bridgehead atoms. The van der Waals surface area contributed by atoms with Gasteiger partial charge in [0.2, 0.25) is 5.91 Å². The number of ether oxygens (including phenoxy) is 1. The van der Waals surface area contributed by atoms with Crippen molar-refractivity contribution in [2.45, 2.75) is 44.2 Å². The average Bonchev–Trinajstić information content (AvgIpc) is 2.46. The van der Waals surface area contributed by atoms with Crippen LogP contribution in [-0.2, 0) is 9.59 Å². The fraction of sp³-hybridized carbons (Fsp3) is 0.529. The summed E-state index contributed by atoms with van der Waals surface area (Å²) >= 11 is 3.50. The zero-order valence-electron chi connectivity index (χ0n) is 12.4. The van der Waals surface area contributed by atoms with E-state index in [2.05, 4.69) is 21.2 Å². The first-order valence-electron chi connectivity index (χ1n) is 7.83. The Morgan fingerprint density at radius 3 is 3.00 bits per heavy atom. The third kappa shape index (κ3) is 1.87. The lowest BCUT2D eigenvalue weighted by Gasteiger charge is -2.56. The van der Waals surface area contributed by atoms with Crippen molar-refractivity contribution in [2.75, 3.05) is 0 Å². The van der Waals surface area contributed by atoms with E-state index in [1.807, 2.05) is 18.2 Å². The third-order valence-electron chi connectivity index (χ3n) is 5.38. The smallest absolute Gasteiger partial charge is 0.234 e. The van der Waals surface area contributed by atoms with Gasteiger partial charge in [-0.15, -0.1) is 0 Å². The number of hydrogen-bond acceptors (Lipinski definition) is 3. The number of halogens is 1. The molecule has 1 aromatic rings. The second-order valence-corrected chi connectivity index (χ2v) is 7.55. The Balaban J connectivity index is 1.93. The number of amides is 1. The Kier molecular flexibility index (Phi) is 3.12. The van der Waals surface area contributed by atoms with Crippen LogP contribution >= 0.6 is 15.9 Å². The molecule has 3 aliphatic rings. The molecular formula is C17H18BrNO3. The Morgan fingerprint density at radius 2 is 2.23 bits per heavy atom. The van der Waals surface area contributed by atoms with Crippen LogP contribution in [0.3, 0.4) is 0 Å². The summed E-state index contributed by atoms with van der Waals surface area (Å²) in [5, 5.41) is 3.06. The average molecular weight is 364 g/mol. The van der Waals surface area contributed by atoms with E-state index < -0.39 is 11.6 Å². The number of Topliss-reactive ketones (excluding diaryl/α,β-unsaturated/α-hetero) is 1. The van der Waals surface area contributed by atoms with E-state index in [1.54, 1.807) is 0 Å². The van der Waals surface area contributed by atoms with Crippen molar-refractivity contribution in [3.05, 3.63) is 28.2 Å². The predicted molar refractivity (Wildman–Crippen MR) is 84.5 cm³/mol. The molecule has 0 radical (unpaired) electrons. The van der Waals surface area contributed by atoms with Crippen LogP contribution in [0.5, 0.6) is 5.75 Å². The number of carbonyl (C=O) groups excluding carboxylic acids is 2. The number of benzene rings is 1. The molecule has 5 heteroatoms. The lowest BCUT2D eigenvalue weighted by Crippen LogP contribution is -2.69. The molecule has 1 amide bonds. The first kappa shape index (κ1) is 14.2. The van der Waals surface area contributed by atoms with Crippen molar-refractivity contribution >= 4 is 27.6 Å². The molecule has 1 aliphatic carbocycles. The summed E-state index contributed by atoms with van der Waals surface area (Å²) < 4.78 is 7.23. The molecule has 1 unspecified atom stereocenters. The molecule has 1 aromatic carbocycles. The minimum Gasteiger partial charge on any atom is -0.467 e. The normalized spacial score (nSPS) is 35.7. The minimum absolute atomic E-state index is 0.0606. The lowest BCUT2D eigenvalue weighted by atomic mass is 9.61. The van der Waals surface area contributed by atoms with E-state index in [-0.39, 0.29) is 23.5 Å². The van der Waals surface area contributed by atoms with Crippen LogP contribution in [0.1, 0.15) is 44.1 Å². The van der Waals surface area contributed by atoms with Gasteiger partial charge in [0.15, 0.2) is 5.72 Å². The van der Waals surface area contributed by atoms with Crippen LogP contribution in [-0.4, -0.2) is 17.4 Å². The van der Waals surface area contributed by atoms with Gasteiger partial charge in [0, 0.05) is 28.3 Å². The molecule has 4 rings (SSSR count). The Bertz CT molecular complexity index is 674. The zero-order valence-corrected chi connectivity index (χ0v) is 14.0. The summed E-state index contributed by atoms with van der Waals surface area (Å²) in [7, 11) is 0. The SMILES string of the molecule is CC(=O)C1C(=O)N[C@]23CCCC[C@@H]2[C@H]1c1cc(Br)ccc1O3. The Labute approximate surface area is 137 Å². The summed E-state index contributed by atoms with van der Waals surface area (Å²) in [6.45, 7) is 1.52. The number of piperidine rings is 1. The number of carbonyl (C=O) groups is 2. The van der Waals surface area contributed by atoms with Crippen LogP contribution in [0.2, 0.25) is 0 Å². The van der Waals surface area contributed by atoms with E-state index in [0.717, 1.165) is 41.5 Å². The molecule has 1 N–H and O–H groups in total. The molecule has 2 aliphatic heterocycles. The van der Waals surface area contributed by atoms with Gasteiger partial charge in [0.05, 0.1) is 0 Å². The molecule has 1 saturated heterocycles. The topological polar surface area (TPSA) is 55.4 Å². The number of fused-ring (bicyclic) bond motifs is 2. The highest BCUT2D eigenvalue weighted by Gasteiger charge is 2.60. The van der Waals surface area contributed by atoms with E-state index in [0.29, 0.717) is 0 Å². The van der Waals surface area contributed by atoms with Gasteiger partial charge in [-0.3, -0.25) is 9.59 Å². The van der Waals surface area contributed by atoms with Gasteiger partial charge < -0.3 is 10.1 Å². The van der Waals surface area contributed by atoms with Gasteiger partial charge in [0.1, 0.15) is 17.5 Å². The quantitative estimate of drug-likeness (QED) is 0.779. The van der Waals surface area contributed by atoms with Crippen molar-refractivity contribution in [3.63, 3.8) is 0 Å². The fourth-order valence-corrected chi connectivity index (χ4v) is 4.91. The van der Waals surface area contributed by atoms with Crippen molar-refractivity contribution < 1.29 is 14.3 Å². The summed E-state index contributed by atoms with van der Waals surface area (Å²) in [6, 6.07) is 5.89. The largest absolute Gasteiger partial charge is 0.467 e. The van der Waals surface area contributed by atoms with Crippen molar-refractivity contribution in [2.24, 2.45) is 11.8 Å². The van der Waals surface area contributed by atoms with Crippen molar-refractivity contribution in [1.29, 1.82) is 0 Å².